The molecule has 1 aliphatic rings. The van der Waals surface area contributed by atoms with Gasteiger partial charge in [0.25, 0.3) is 5.22 Å². The molecule has 1 saturated heterocycles. The standard InChI is InChI=1S/C18H18F2N4O3S/c1-3-6-24-16(25)12(10(2)21-17(24)26)8-15-22-23-18(27-15)28-9-11-4-5-13(19)14(20)7-11/h3-5,7,10,12H,1,6,8-9H2,2H3,(H,21,26). The molecule has 10 heteroatoms. The zero-order valence-electron chi connectivity index (χ0n) is 15.0. The molecule has 0 saturated carbocycles. The van der Waals surface area contributed by atoms with Crippen LogP contribution < -0.4 is 5.32 Å². The molecule has 1 aromatic heterocycles. The van der Waals surface area contributed by atoms with E-state index in [2.05, 4.69) is 22.1 Å². The smallest absolute Gasteiger partial charge is 0.324 e. The molecule has 3 rings (SSSR count). The van der Waals surface area contributed by atoms with Crippen molar-refractivity contribution in [2.24, 2.45) is 5.92 Å². The summed E-state index contributed by atoms with van der Waals surface area (Å²) in [5.41, 5.74) is 0.572. The van der Waals surface area contributed by atoms with Crippen LogP contribution >= 0.6 is 11.8 Å². The Morgan fingerprint density at radius 3 is 2.82 bits per heavy atom. The summed E-state index contributed by atoms with van der Waals surface area (Å²) in [5, 5.41) is 10.8. The zero-order chi connectivity index (χ0) is 20.3. The second-order valence-electron chi connectivity index (χ2n) is 6.29. The van der Waals surface area contributed by atoms with E-state index in [9.17, 15) is 18.4 Å². The number of amides is 3. The van der Waals surface area contributed by atoms with Gasteiger partial charge in [-0.1, -0.05) is 23.9 Å². The normalized spacial score (nSPS) is 19.6. The van der Waals surface area contributed by atoms with Crippen LogP contribution in [-0.4, -0.2) is 39.6 Å². The number of carbonyl (C=O) groups excluding carboxylic acids is 2. The summed E-state index contributed by atoms with van der Waals surface area (Å²) in [7, 11) is 0. The van der Waals surface area contributed by atoms with Crippen LogP contribution in [0.3, 0.4) is 0 Å². The zero-order valence-corrected chi connectivity index (χ0v) is 15.8. The summed E-state index contributed by atoms with van der Waals surface area (Å²) < 4.78 is 31.8. The van der Waals surface area contributed by atoms with Gasteiger partial charge in [-0.15, -0.1) is 16.8 Å². The van der Waals surface area contributed by atoms with Crippen molar-refractivity contribution in [2.75, 3.05) is 6.54 Å². The minimum absolute atomic E-state index is 0.118. The third kappa shape index (κ3) is 4.38. The van der Waals surface area contributed by atoms with Crippen LogP contribution in [0.5, 0.6) is 0 Å². The van der Waals surface area contributed by atoms with Crippen molar-refractivity contribution in [3.63, 3.8) is 0 Å². The Morgan fingerprint density at radius 1 is 1.32 bits per heavy atom. The van der Waals surface area contributed by atoms with Gasteiger partial charge >= 0.3 is 6.03 Å². The summed E-state index contributed by atoms with van der Waals surface area (Å²) in [4.78, 5) is 25.6. The van der Waals surface area contributed by atoms with Gasteiger partial charge < -0.3 is 9.73 Å². The lowest BCUT2D eigenvalue weighted by Crippen LogP contribution is -2.59. The summed E-state index contributed by atoms with van der Waals surface area (Å²) in [6.07, 6.45) is 1.65. The number of carbonyl (C=O) groups is 2. The fourth-order valence-electron chi connectivity index (χ4n) is 2.80. The van der Waals surface area contributed by atoms with Crippen LogP contribution in [-0.2, 0) is 17.0 Å². The molecule has 1 fully saturated rings. The summed E-state index contributed by atoms with van der Waals surface area (Å²) in [6, 6.07) is 2.80. The molecule has 1 N–H and O–H groups in total. The van der Waals surface area contributed by atoms with Crippen molar-refractivity contribution in [3.05, 3.63) is 53.9 Å². The van der Waals surface area contributed by atoms with E-state index >= 15 is 0 Å². The molecule has 0 bridgehead atoms. The van der Waals surface area contributed by atoms with Crippen LogP contribution in [0.4, 0.5) is 13.6 Å². The molecule has 2 atom stereocenters. The van der Waals surface area contributed by atoms with Crippen molar-refractivity contribution in [1.82, 2.24) is 20.4 Å². The molecule has 2 aromatic rings. The Morgan fingerprint density at radius 2 is 2.11 bits per heavy atom. The van der Waals surface area contributed by atoms with Gasteiger partial charge in [0.15, 0.2) is 11.6 Å². The third-order valence-electron chi connectivity index (χ3n) is 4.28. The fraction of sp³-hybridized carbons (Fsp3) is 0.333. The molecule has 1 aliphatic heterocycles. The SMILES string of the molecule is C=CCN1C(=O)NC(C)C(Cc2nnc(SCc3ccc(F)c(F)c3)o2)C1=O. The number of benzene rings is 1. The number of nitrogens with zero attached hydrogens (tertiary/aromatic N) is 3. The van der Waals surface area contributed by atoms with E-state index in [0.717, 1.165) is 17.0 Å². The van der Waals surface area contributed by atoms with Gasteiger partial charge in [0.2, 0.25) is 11.8 Å². The van der Waals surface area contributed by atoms with Gasteiger partial charge in [-0.3, -0.25) is 9.69 Å². The van der Waals surface area contributed by atoms with E-state index in [4.69, 9.17) is 4.42 Å². The maximum Gasteiger partial charge on any atom is 0.324 e. The monoisotopic (exact) mass is 408 g/mol. The van der Waals surface area contributed by atoms with Crippen molar-refractivity contribution in [2.45, 2.75) is 30.4 Å². The van der Waals surface area contributed by atoms with Crippen LogP contribution in [0, 0.1) is 17.6 Å². The van der Waals surface area contributed by atoms with Gasteiger partial charge in [-0.25, -0.2) is 13.6 Å². The van der Waals surface area contributed by atoms with E-state index in [1.165, 1.54) is 23.9 Å². The van der Waals surface area contributed by atoms with Crippen molar-refractivity contribution in [1.29, 1.82) is 0 Å². The van der Waals surface area contributed by atoms with Crippen LogP contribution in [0.1, 0.15) is 18.4 Å². The Kier molecular flexibility index (Phi) is 6.08. The highest BCUT2D eigenvalue weighted by molar-refractivity contribution is 7.98. The van der Waals surface area contributed by atoms with E-state index in [0.29, 0.717) is 11.3 Å². The predicted molar refractivity (Wildman–Crippen MR) is 97.3 cm³/mol. The molecule has 28 heavy (non-hydrogen) atoms. The number of urea groups is 1. The molecule has 0 radical (unpaired) electrons. The highest BCUT2D eigenvalue weighted by Crippen LogP contribution is 2.25. The Labute approximate surface area is 164 Å². The van der Waals surface area contributed by atoms with Gasteiger partial charge in [-0.05, 0) is 24.6 Å². The summed E-state index contributed by atoms with van der Waals surface area (Å²) >= 11 is 1.17. The number of imide groups is 1. The van der Waals surface area contributed by atoms with Crippen molar-refractivity contribution in [3.8, 4) is 0 Å². The second-order valence-corrected chi connectivity index (χ2v) is 7.21. The number of thioether (sulfide) groups is 1. The minimum Gasteiger partial charge on any atom is -0.416 e. The Balaban J connectivity index is 1.63. The number of rotatable bonds is 7. The number of nitrogens with one attached hydrogen (secondary N) is 1. The van der Waals surface area contributed by atoms with E-state index in [1.807, 2.05) is 0 Å². The van der Waals surface area contributed by atoms with Crippen molar-refractivity contribution < 1.29 is 22.8 Å². The molecule has 0 spiro atoms. The predicted octanol–water partition coefficient (Wildman–Crippen LogP) is 2.93. The Hall–Kier alpha value is -2.75. The minimum atomic E-state index is -0.916. The molecule has 0 aliphatic carbocycles. The topological polar surface area (TPSA) is 88.3 Å². The molecule has 2 unspecified atom stereocenters. The van der Waals surface area contributed by atoms with Gasteiger partial charge in [0, 0.05) is 24.8 Å². The first-order valence-electron chi connectivity index (χ1n) is 8.51. The van der Waals surface area contributed by atoms with Crippen LogP contribution in [0.25, 0.3) is 0 Å². The number of halogens is 2. The summed E-state index contributed by atoms with van der Waals surface area (Å²) in [5.74, 6) is -2.11. The molecule has 7 nitrogen and oxygen atoms in total. The molecular formula is C18H18F2N4O3S. The molecule has 2 heterocycles. The van der Waals surface area contributed by atoms with Gasteiger partial charge in [0.1, 0.15) is 0 Å². The fourth-order valence-corrected chi connectivity index (χ4v) is 3.52. The number of aromatic nitrogens is 2. The first-order chi connectivity index (χ1) is 13.4. The lowest BCUT2D eigenvalue weighted by Gasteiger charge is -2.34. The van der Waals surface area contributed by atoms with E-state index in [-0.39, 0.29) is 36.0 Å². The Bertz CT molecular complexity index is 905. The van der Waals surface area contributed by atoms with Gasteiger partial charge in [0.05, 0.1) is 5.92 Å². The van der Waals surface area contributed by atoms with Gasteiger partial charge in [-0.2, -0.15) is 0 Å². The highest BCUT2D eigenvalue weighted by Gasteiger charge is 2.39. The third-order valence-corrected chi connectivity index (χ3v) is 5.17. The van der Waals surface area contributed by atoms with Crippen molar-refractivity contribution >= 4 is 23.7 Å². The number of hydrogen-bond donors (Lipinski definition) is 1. The van der Waals surface area contributed by atoms with Crippen LogP contribution in [0.2, 0.25) is 0 Å². The molecule has 1 aromatic carbocycles. The largest absolute Gasteiger partial charge is 0.416 e. The number of hydrogen-bond acceptors (Lipinski definition) is 6. The molecule has 3 amide bonds. The first-order valence-corrected chi connectivity index (χ1v) is 9.49. The van der Waals surface area contributed by atoms with E-state index < -0.39 is 23.6 Å². The summed E-state index contributed by atoms with van der Waals surface area (Å²) in [6.45, 7) is 5.40. The lowest BCUT2D eigenvalue weighted by atomic mass is 9.93. The maximum atomic E-state index is 13.2. The quantitative estimate of drug-likeness (QED) is 0.560. The first kappa shape index (κ1) is 20.0. The molecule has 148 valence electrons. The molecular weight excluding hydrogens is 390 g/mol. The lowest BCUT2D eigenvalue weighted by molar-refractivity contribution is -0.134. The second kappa shape index (κ2) is 8.51. The average Bonchev–Trinajstić information content (AvgIpc) is 3.11. The maximum absolute atomic E-state index is 13.2. The average molecular weight is 408 g/mol. The van der Waals surface area contributed by atoms with E-state index in [1.54, 1.807) is 6.92 Å². The highest BCUT2D eigenvalue weighted by atomic mass is 32.2. The van der Waals surface area contributed by atoms with Crippen LogP contribution in [0.15, 0.2) is 40.5 Å².